The van der Waals surface area contributed by atoms with E-state index in [0.29, 0.717) is 17.2 Å². The molecular weight excluding hydrogens is 427 g/mol. The Labute approximate surface area is 153 Å². The number of carbonyl (C=O) groups excluding carboxylic acids is 1. The van der Waals surface area contributed by atoms with E-state index in [2.05, 4.69) is 45.4 Å². The molecule has 2 rings (SSSR count). The van der Waals surface area contributed by atoms with Crippen LogP contribution in [0.4, 0.5) is 0 Å². The summed E-state index contributed by atoms with van der Waals surface area (Å²) in [6, 6.07) is 15.6. The first-order valence-electron chi connectivity index (χ1n) is 6.56. The zero-order chi connectivity index (χ0) is 15.9. The molecule has 2 aromatic rings. The maximum absolute atomic E-state index is 12.1. The van der Waals surface area contributed by atoms with Gasteiger partial charge in [-0.15, -0.1) is 11.8 Å². The Morgan fingerprint density at radius 1 is 1.23 bits per heavy atom. The SMILES string of the molecule is CSc1ccc(CNC(=S)NC(=O)c2cccc(I)c2)cc1. The van der Waals surface area contributed by atoms with E-state index in [-0.39, 0.29) is 5.91 Å². The van der Waals surface area contributed by atoms with Gasteiger partial charge in [-0.3, -0.25) is 10.1 Å². The Kier molecular flexibility index (Phi) is 6.66. The highest BCUT2D eigenvalue weighted by Gasteiger charge is 2.07. The third-order valence-electron chi connectivity index (χ3n) is 2.93. The van der Waals surface area contributed by atoms with Crippen LogP contribution in [0, 0.1) is 3.57 Å². The van der Waals surface area contributed by atoms with Crippen molar-refractivity contribution in [3.63, 3.8) is 0 Å². The molecule has 0 fully saturated rings. The molecule has 0 aliphatic heterocycles. The van der Waals surface area contributed by atoms with E-state index in [1.807, 2.05) is 36.6 Å². The highest BCUT2D eigenvalue weighted by molar-refractivity contribution is 14.1. The van der Waals surface area contributed by atoms with Gasteiger partial charge in [0.05, 0.1) is 0 Å². The van der Waals surface area contributed by atoms with E-state index in [1.165, 1.54) is 4.90 Å². The number of hydrogen-bond donors (Lipinski definition) is 2. The van der Waals surface area contributed by atoms with Crippen molar-refractivity contribution in [1.82, 2.24) is 10.6 Å². The van der Waals surface area contributed by atoms with Crippen LogP contribution in [0.25, 0.3) is 0 Å². The molecule has 0 aliphatic carbocycles. The lowest BCUT2D eigenvalue weighted by Gasteiger charge is -2.10. The fourth-order valence-electron chi connectivity index (χ4n) is 1.77. The zero-order valence-corrected chi connectivity index (χ0v) is 15.7. The minimum atomic E-state index is -0.200. The van der Waals surface area contributed by atoms with Crippen LogP contribution in [0.2, 0.25) is 0 Å². The number of amides is 1. The van der Waals surface area contributed by atoms with Crippen molar-refractivity contribution in [3.05, 3.63) is 63.2 Å². The molecule has 6 heteroatoms. The van der Waals surface area contributed by atoms with Crippen LogP contribution >= 0.6 is 46.6 Å². The van der Waals surface area contributed by atoms with E-state index in [9.17, 15) is 4.79 Å². The van der Waals surface area contributed by atoms with Gasteiger partial charge in [-0.1, -0.05) is 18.2 Å². The molecular formula is C16H15IN2OS2. The second-order valence-corrected chi connectivity index (χ2v) is 7.03. The normalized spacial score (nSPS) is 10.1. The van der Waals surface area contributed by atoms with Gasteiger partial charge in [0, 0.05) is 20.6 Å². The van der Waals surface area contributed by atoms with Gasteiger partial charge in [-0.2, -0.15) is 0 Å². The molecule has 0 heterocycles. The summed E-state index contributed by atoms with van der Waals surface area (Å²) >= 11 is 9.04. The van der Waals surface area contributed by atoms with Gasteiger partial charge >= 0.3 is 0 Å². The van der Waals surface area contributed by atoms with Gasteiger partial charge in [-0.05, 0) is 77.0 Å². The van der Waals surface area contributed by atoms with Gasteiger partial charge < -0.3 is 5.32 Å². The number of rotatable bonds is 4. The lowest BCUT2D eigenvalue weighted by atomic mass is 10.2. The highest BCUT2D eigenvalue weighted by atomic mass is 127. The second kappa shape index (κ2) is 8.50. The summed E-state index contributed by atoms with van der Waals surface area (Å²) in [6.45, 7) is 0.583. The number of thiocarbonyl (C=S) groups is 1. The fourth-order valence-corrected chi connectivity index (χ4v) is 2.89. The molecule has 0 bridgehead atoms. The Hall–Kier alpha value is -1.12. The summed E-state index contributed by atoms with van der Waals surface area (Å²) in [6.07, 6.45) is 2.04. The predicted molar refractivity (Wildman–Crippen MR) is 104 cm³/mol. The van der Waals surface area contributed by atoms with Crippen molar-refractivity contribution in [2.24, 2.45) is 0 Å². The molecule has 1 amide bonds. The van der Waals surface area contributed by atoms with E-state index < -0.39 is 0 Å². The van der Waals surface area contributed by atoms with Gasteiger partial charge in [0.25, 0.3) is 5.91 Å². The number of hydrogen-bond acceptors (Lipinski definition) is 3. The average molecular weight is 442 g/mol. The topological polar surface area (TPSA) is 41.1 Å². The Bertz CT molecular complexity index is 674. The average Bonchev–Trinajstić information content (AvgIpc) is 2.53. The summed E-state index contributed by atoms with van der Waals surface area (Å²) in [7, 11) is 0. The van der Waals surface area contributed by atoms with E-state index in [1.54, 1.807) is 17.8 Å². The third kappa shape index (κ3) is 5.26. The van der Waals surface area contributed by atoms with Gasteiger partial charge in [0.15, 0.2) is 5.11 Å². The third-order valence-corrected chi connectivity index (χ3v) is 4.59. The quantitative estimate of drug-likeness (QED) is 0.429. The summed E-state index contributed by atoms with van der Waals surface area (Å²) in [5.41, 5.74) is 1.71. The monoisotopic (exact) mass is 442 g/mol. The van der Waals surface area contributed by atoms with E-state index in [0.717, 1.165) is 9.13 Å². The molecule has 3 nitrogen and oxygen atoms in total. The van der Waals surface area contributed by atoms with Gasteiger partial charge in [0.1, 0.15) is 0 Å². The Morgan fingerprint density at radius 3 is 2.59 bits per heavy atom. The highest BCUT2D eigenvalue weighted by Crippen LogP contribution is 2.14. The lowest BCUT2D eigenvalue weighted by molar-refractivity contribution is 0.0976. The smallest absolute Gasteiger partial charge is 0.257 e. The minimum Gasteiger partial charge on any atom is -0.358 e. The van der Waals surface area contributed by atoms with Crippen molar-refractivity contribution in [3.8, 4) is 0 Å². The van der Waals surface area contributed by atoms with Crippen LogP contribution in [-0.2, 0) is 6.54 Å². The molecule has 22 heavy (non-hydrogen) atoms. The molecule has 0 aromatic heterocycles. The maximum Gasteiger partial charge on any atom is 0.257 e. The summed E-state index contributed by atoms with van der Waals surface area (Å²) in [4.78, 5) is 13.3. The molecule has 114 valence electrons. The minimum absolute atomic E-state index is 0.200. The molecule has 2 N–H and O–H groups in total. The number of carbonyl (C=O) groups is 1. The van der Waals surface area contributed by atoms with Crippen molar-refractivity contribution in [2.75, 3.05) is 6.26 Å². The lowest BCUT2D eigenvalue weighted by Crippen LogP contribution is -2.38. The molecule has 0 atom stereocenters. The first-order chi connectivity index (χ1) is 10.6. The van der Waals surface area contributed by atoms with Crippen LogP contribution < -0.4 is 10.6 Å². The van der Waals surface area contributed by atoms with Crippen molar-refractivity contribution in [1.29, 1.82) is 0 Å². The number of nitrogens with one attached hydrogen (secondary N) is 2. The summed E-state index contributed by atoms with van der Waals surface area (Å²) in [5.74, 6) is -0.200. The zero-order valence-electron chi connectivity index (χ0n) is 11.9. The first-order valence-corrected chi connectivity index (χ1v) is 9.27. The van der Waals surface area contributed by atoms with Crippen LogP contribution in [0.3, 0.4) is 0 Å². The summed E-state index contributed by atoms with van der Waals surface area (Å²) in [5, 5.41) is 6.06. The number of halogens is 1. The molecule has 2 aromatic carbocycles. The number of thioether (sulfide) groups is 1. The second-order valence-electron chi connectivity index (χ2n) is 4.50. The largest absolute Gasteiger partial charge is 0.358 e. The molecule has 0 spiro atoms. The molecule has 0 saturated heterocycles. The van der Waals surface area contributed by atoms with Gasteiger partial charge in [-0.25, -0.2) is 0 Å². The maximum atomic E-state index is 12.1. The van der Waals surface area contributed by atoms with Crippen molar-refractivity contribution >= 4 is 57.6 Å². The Morgan fingerprint density at radius 2 is 1.95 bits per heavy atom. The molecule has 0 radical (unpaired) electrons. The molecule has 0 saturated carbocycles. The first kappa shape index (κ1) is 17.2. The van der Waals surface area contributed by atoms with Crippen LogP contribution in [0.15, 0.2) is 53.4 Å². The van der Waals surface area contributed by atoms with Crippen LogP contribution in [-0.4, -0.2) is 17.3 Å². The summed E-state index contributed by atoms with van der Waals surface area (Å²) < 4.78 is 1.01. The van der Waals surface area contributed by atoms with Crippen molar-refractivity contribution < 1.29 is 4.79 Å². The van der Waals surface area contributed by atoms with Crippen LogP contribution in [0.5, 0.6) is 0 Å². The van der Waals surface area contributed by atoms with Crippen molar-refractivity contribution in [2.45, 2.75) is 11.4 Å². The fraction of sp³-hybridized carbons (Fsp3) is 0.125. The van der Waals surface area contributed by atoms with Crippen LogP contribution in [0.1, 0.15) is 15.9 Å². The van der Waals surface area contributed by atoms with E-state index >= 15 is 0 Å². The number of benzene rings is 2. The standard InChI is InChI=1S/C16H15IN2OS2/c1-22-14-7-5-11(6-8-14)10-18-16(21)19-15(20)12-3-2-4-13(17)9-12/h2-9H,10H2,1H3,(H2,18,19,20,21). The van der Waals surface area contributed by atoms with E-state index in [4.69, 9.17) is 12.2 Å². The van der Waals surface area contributed by atoms with Gasteiger partial charge in [0.2, 0.25) is 0 Å². The predicted octanol–water partition coefficient (Wildman–Crippen LogP) is 3.82. The molecule has 0 unspecified atom stereocenters. The Balaban J connectivity index is 1.85. The molecule has 0 aliphatic rings.